The van der Waals surface area contributed by atoms with Crippen molar-refractivity contribution in [3.05, 3.63) is 28.0 Å². The first-order valence-electron chi connectivity index (χ1n) is 3.73. The van der Waals surface area contributed by atoms with Crippen molar-refractivity contribution in [2.24, 2.45) is 0 Å². The smallest absolute Gasteiger partial charge is 0.231 e. The maximum atomic E-state index is 12.3. The van der Waals surface area contributed by atoms with E-state index in [4.69, 9.17) is 16.9 Å². The summed E-state index contributed by atoms with van der Waals surface area (Å²) in [5.74, 6) is 0. The largest absolute Gasteiger partial charge is 0.433 e. The number of hydrogen-bond acceptors (Lipinski definition) is 2. The summed E-state index contributed by atoms with van der Waals surface area (Å²) in [4.78, 5) is 2.78. The third kappa shape index (κ3) is 2.39. The SMILES string of the molecule is N#Cc1cc(C(F)(F)F)nc(Cl)c1C(F)F. The summed E-state index contributed by atoms with van der Waals surface area (Å²) < 4.78 is 61.3. The zero-order valence-corrected chi connectivity index (χ0v) is 8.07. The maximum absolute atomic E-state index is 12.3. The lowest BCUT2D eigenvalue weighted by Crippen LogP contribution is -2.10. The van der Waals surface area contributed by atoms with E-state index in [0.717, 1.165) is 0 Å². The molecule has 0 atom stereocenters. The van der Waals surface area contributed by atoms with Crippen LogP contribution in [0.3, 0.4) is 0 Å². The molecule has 0 bridgehead atoms. The molecule has 0 unspecified atom stereocenters. The van der Waals surface area contributed by atoms with E-state index in [1.54, 1.807) is 0 Å². The number of hydrogen-bond donors (Lipinski definition) is 0. The van der Waals surface area contributed by atoms with Crippen LogP contribution in [-0.2, 0) is 6.18 Å². The van der Waals surface area contributed by atoms with E-state index in [1.807, 2.05) is 0 Å². The number of halogens is 6. The molecule has 0 N–H and O–H groups in total. The van der Waals surface area contributed by atoms with Crippen LogP contribution < -0.4 is 0 Å². The predicted octanol–water partition coefficient (Wildman–Crippen LogP) is 3.56. The standard InChI is InChI=1S/C8H2ClF5N2/c9-6-5(7(10)11)3(2-15)1-4(16-6)8(12,13)14/h1,7H. The highest BCUT2D eigenvalue weighted by molar-refractivity contribution is 6.30. The van der Waals surface area contributed by atoms with E-state index >= 15 is 0 Å². The first-order valence-corrected chi connectivity index (χ1v) is 4.11. The monoisotopic (exact) mass is 256 g/mol. The predicted molar refractivity (Wildman–Crippen MR) is 43.9 cm³/mol. The Hall–Kier alpha value is -1.42. The van der Waals surface area contributed by atoms with Gasteiger partial charge in [-0.25, -0.2) is 13.8 Å². The Balaban J connectivity index is 3.46. The van der Waals surface area contributed by atoms with E-state index in [0.29, 0.717) is 0 Å². The summed E-state index contributed by atoms with van der Waals surface area (Å²) in [6.45, 7) is 0. The minimum Gasteiger partial charge on any atom is -0.231 e. The van der Waals surface area contributed by atoms with E-state index in [2.05, 4.69) is 4.98 Å². The normalized spacial score (nSPS) is 11.6. The van der Waals surface area contributed by atoms with Crippen molar-refractivity contribution < 1.29 is 22.0 Å². The van der Waals surface area contributed by atoms with Crippen LogP contribution in [0, 0.1) is 11.3 Å². The molecule has 0 aliphatic carbocycles. The molecule has 0 saturated heterocycles. The van der Waals surface area contributed by atoms with Crippen molar-refractivity contribution in [3.8, 4) is 6.07 Å². The molecule has 8 heteroatoms. The molecular weight excluding hydrogens is 255 g/mol. The number of nitrogens with zero attached hydrogens (tertiary/aromatic N) is 2. The highest BCUT2D eigenvalue weighted by Crippen LogP contribution is 2.34. The Kier molecular flexibility index (Phi) is 3.33. The third-order valence-corrected chi connectivity index (χ3v) is 1.93. The molecule has 0 saturated carbocycles. The molecule has 1 heterocycles. The van der Waals surface area contributed by atoms with Gasteiger partial charge in [-0.2, -0.15) is 18.4 Å². The lowest BCUT2D eigenvalue weighted by molar-refractivity contribution is -0.141. The number of nitriles is 1. The van der Waals surface area contributed by atoms with Gasteiger partial charge < -0.3 is 0 Å². The zero-order chi connectivity index (χ0) is 12.5. The maximum Gasteiger partial charge on any atom is 0.433 e. The number of pyridine rings is 1. The summed E-state index contributed by atoms with van der Waals surface area (Å²) in [5, 5.41) is 7.43. The molecule has 0 amide bonds. The lowest BCUT2D eigenvalue weighted by atomic mass is 10.1. The van der Waals surface area contributed by atoms with Gasteiger partial charge in [-0.3, -0.25) is 0 Å². The van der Waals surface area contributed by atoms with Gasteiger partial charge in [0.2, 0.25) is 0 Å². The highest BCUT2D eigenvalue weighted by atomic mass is 35.5. The van der Waals surface area contributed by atoms with Crippen LogP contribution in [0.4, 0.5) is 22.0 Å². The van der Waals surface area contributed by atoms with Gasteiger partial charge in [-0.05, 0) is 6.07 Å². The van der Waals surface area contributed by atoms with Crippen LogP contribution >= 0.6 is 11.6 Å². The topological polar surface area (TPSA) is 36.7 Å². The molecule has 86 valence electrons. The minimum atomic E-state index is -4.84. The van der Waals surface area contributed by atoms with E-state index in [-0.39, 0.29) is 6.07 Å². The van der Waals surface area contributed by atoms with Gasteiger partial charge in [0.1, 0.15) is 10.8 Å². The van der Waals surface area contributed by atoms with Crippen LogP contribution in [0.25, 0.3) is 0 Å². The van der Waals surface area contributed by atoms with Crippen LogP contribution in [0.5, 0.6) is 0 Å². The van der Waals surface area contributed by atoms with Gasteiger partial charge in [0.25, 0.3) is 6.43 Å². The van der Waals surface area contributed by atoms with Crippen molar-refractivity contribution in [1.82, 2.24) is 4.98 Å². The molecule has 2 nitrogen and oxygen atoms in total. The van der Waals surface area contributed by atoms with Crippen molar-refractivity contribution in [1.29, 1.82) is 5.26 Å². The Morgan fingerprint density at radius 3 is 2.31 bits per heavy atom. The van der Waals surface area contributed by atoms with Crippen molar-refractivity contribution in [2.75, 3.05) is 0 Å². The first-order chi connectivity index (χ1) is 7.27. The van der Waals surface area contributed by atoms with Gasteiger partial charge >= 0.3 is 6.18 Å². The van der Waals surface area contributed by atoms with Crippen LogP contribution in [0.1, 0.15) is 23.2 Å². The van der Waals surface area contributed by atoms with Gasteiger partial charge in [0.05, 0.1) is 17.2 Å². The Morgan fingerprint density at radius 2 is 1.94 bits per heavy atom. The Bertz CT molecular complexity index is 449. The molecule has 1 rings (SSSR count). The zero-order valence-electron chi connectivity index (χ0n) is 7.32. The second kappa shape index (κ2) is 4.22. The molecule has 0 spiro atoms. The molecule has 1 aromatic heterocycles. The summed E-state index contributed by atoms with van der Waals surface area (Å²) in [6, 6.07) is 1.47. The molecule has 0 aliphatic heterocycles. The number of rotatable bonds is 1. The molecule has 0 aromatic carbocycles. The van der Waals surface area contributed by atoms with Gasteiger partial charge in [0.15, 0.2) is 0 Å². The van der Waals surface area contributed by atoms with Crippen molar-refractivity contribution in [3.63, 3.8) is 0 Å². The molecule has 1 aromatic rings. The van der Waals surface area contributed by atoms with E-state index in [9.17, 15) is 22.0 Å². The average molecular weight is 257 g/mol. The molecule has 16 heavy (non-hydrogen) atoms. The summed E-state index contributed by atoms with van der Waals surface area (Å²) in [7, 11) is 0. The molecule has 0 radical (unpaired) electrons. The molecule has 0 aliphatic rings. The lowest BCUT2D eigenvalue weighted by Gasteiger charge is -2.10. The first kappa shape index (κ1) is 12.6. The van der Waals surface area contributed by atoms with Crippen LogP contribution in [0.2, 0.25) is 5.15 Å². The highest BCUT2D eigenvalue weighted by Gasteiger charge is 2.35. The average Bonchev–Trinajstić information content (AvgIpc) is 2.14. The van der Waals surface area contributed by atoms with Crippen LogP contribution in [0.15, 0.2) is 6.07 Å². The van der Waals surface area contributed by atoms with Crippen molar-refractivity contribution in [2.45, 2.75) is 12.6 Å². The fourth-order valence-electron chi connectivity index (χ4n) is 0.969. The van der Waals surface area contributed by atoms with E-state index < -0.39 is 34.6 Å². The third-order valence-electron chi connectivity index (χ3n) is 1.64. The van der Waals surface area contributed by atoms with Gasteiger partial charge in [0, 0.05) is 0 Å². The molecular formula is C8H2ClF5N2. The summed E-state index contributed by atoms with van der Waals surface area (Å²) in [5.41, 5.74) is -3.29. The number of aromatic nitrogens is 1. The fraction of sp³-hybridized carbons (Fsp3) is 0.250. The molecule has 0 fully saturated rings. The summed E-state index contributed by atoms with van der Waals surface area (Å²) >= 11 is 5.17. The minimum absolute atomic E-state index is 0.243. The summed E-state index contributed by atoms with van der Waals surface area (Å²) in [6.07, 6.45) is -7.99. The van der Waals surface area contributed by atoms with E-state index in [1.165, 1.54) is 6.07 Å². The van der Waals surface area contributed by atoms with Gasteiger partial charge in [-0.1, -0.05) is 11.6 Å². The Labute approximate surface area is 91.3 Å². The Morgan fingerprint density at radius 1 is 1.38 bits per heavy atom. The van der Waals surface area contributed by atoms with Crippen LogP contribution in [-0.4, -0.2) is 4.98 Å². The number of alkyl halides is 5. The van der Waals surface area contributed by atoms with Gasteiger partial charge in [-0.15, -0.1) is 0 Å². The van der Waals surface area contributed by atoms with Crippen molar-refractivity contribution >= 4 is 11.6 Å². The fourth-order valence-corrected chi connectivity index (χ4v) is 1.24. The quantitative estimate of drug-likeness (QED) is 0.569. The second-order valence-electron chi connectivity index (χ2n) is 2.67. The second-order valence-corrected chi connectivity index (χ2v) is 3.03.